The molecule has 0 aliphatic rings. The van der Waals surface area contributed by atoms with Crippen molar-refractivity contribution in [1.29, 1.82) is 0 Å². The molecule has 0 spiro atoms. The van der Waals surface area contributed by atoms with Crippen LogP contribution in [0.25, 0.3) is 11.4 Å². The summed E-state index contributed by atoms with van der Waals surface area (Å²) in [6.45, 7) is 0. The lowest BCUT2D eigenvalue weighted by molar-refractivity contribution is -0.113. The second kappa shape index (κ2) is 7.54. The average molecular weight is 378 g/mol. The van der Waals surface area contributed by atoms with Gasteiger partial charge < -0.3 is 11.2 Å². The summed E-state index contributed by atoms with van der Waals surface area (Å²) < 4.78 is 14.4. The summed E-state index contributed by atoms with van der Waals surface area (Å²) in [5, 5.41) is 11.6. The smallest absolute Gasteiger partial charge is 0.234 e. The van der Waals surface area contributed by atoms with E-state index in [2.05, 4.69) is 15.5 Å². The maximum atomic E-state index is 13.1. The van der Waals surface area contributed by atoms with Crippen molar-refractivity contribution in [3.05, 3.63) is 59.4 Å². The Bertz CT molecular complexity index is 917. The zero-order valence-electron chi connectivity index (χ0n) is 12.8. The zero-order valence-corrected chi connectivity index (χ0v) is 14.4. The maximum Gasteiger partial charge on any atom is 0.234 e. The minimum absolute atomic E-state index is 0.0569. The molecular weight excluding hydrogens is 365 g/mol. The first-order chi connectivity index (χ1) is 12.0. The van der Waals surface area contributed by atoms with Crippen LogP contribution in [0, 0.1) is 5.82 Å². The molecule has 0 fully saturated rings. The second-order valence-electron chi connectivity index (χ2n) is 5.03. The monoisotopic (exact) mass is 377 g/mol. The molecule has 9 heteroatoms. The Hall–Kier alpha value is -2.58. The fourth-order valence-corrected chi connectivity index (χ4v) is 2.94. The van der Waals surface area contributed by atoms with Gasteiger partial charge in [-0.1, -0.05) is 41.6 Å². The number of carbonyl (C=O) groups excluding carboxylic acids is 1. The van der Waals surface area contributed by atoms with Crippen LogP contribution in [0.5, 0.6) is 0 Å². The first kappa shape index (κ1) is 17.2. The van der Waals surface area contributed by atoms with Crippen LogP contribution in [0.15, 0.2) is 53.7 Å². The number of thioether (sulfide) groups is 1. The van der Waals surface area contributed by atoms with Crippen LogP contribution >= 0.6 is 23.4 Å². The summed E-state index contributed by atoms with van der Waals surface area (Å²) in [5.74, 6) is 5.77. The number of rotatable bonds is 5. The van der Waals surface area contributed by atoms with E-state index in [1.165, 1.54) is 22.9 Å². The molecule has 0 aliphatic carbocycles. The van der Waals surface area contributed by atoms with E-state index in [1.807, 2.05) is 6.07 Å². The third kappa shape index (κ3) is 4.28. The van der Waals surface area contributed by atoms with Gasteiger partial charge in [0.25, 0.3) is 0 Å². The Morgan fingerprint density at radius 3 is 2.80 bits per heavy atom. The predicted molar refractivity (Wildman–Crippen MR) is 96.4 cm³/mol. The van der Waals surface area contributed by atoms with Crippen LogP contribution in [0.3, 0.4) is 0 Å². The molecule has 0 aliphatic heterocycles. The number of nitrogens with one attached hydrogen (secondary N) is 1. The van der Waals surface area contributed by atoms with Gasteiger partial charge in [0.15, 0.2) is 5.82 Å². The molecule has 0 unspecified atom stereocenters. The van der Waals surface area contributed by atoms with E-state index in [0.717, 1.165) is 17.3 Å². The molecule has 0 saturated carbocycles. The molecule has 0 atom stereocenters. The predicted octanol–water partition coefficient (Wildman–Crippen LogP) is 3.18. The van der Waals surface area contributed by atoms with Crippen molar-refractivity contribution in [2.75, 3.05) is 16.9 Å². The first-order valence-corrected chi connectivity index (χ1v) is 8.54. The van der Waals surface area contributed by atoms with E-state index in [-0.39, 0.29) is 11.7 Å². The highest BCUT2D eigenvalue weighted by atomic mass is 35.5. The second-order valence-corrected chi connectivity index (χ2v) is 6.41. The van der Waals surface area contributed by atoms with E-state index in [4.69, 9.17) is 17.4 Å². The number of hydrogen-bond donors (Lipinski definition) is 2. The Morgan fingerprint density at radius 2 is 2.04 bits per heavy atom. The minimum atomic E-state index is -0.418. The molecule has 1 heterocycles. The number of hydrogen-bond acceptors (Lipinski definition) is 5. The maximum absolute atomic E-state index is 13.1. The Morgan fingerprint density at radius 1 is 1.24 bits per heavy atom. The Kier molecular flexibility index (Phi) is 5.20. The van der Waals surface area contributed by atoms with Crippen molar-refractivity contribution in [1.82, 2.24) is 14.9 Å². The molecule has 0 bridgehead atoms. The van der Waals surface area contributed by atoms with E-state index in [0.29, 0.717) is 21.7 Å². The molecule has 2 aromatic carbocycles. The van der Waals surface area contributed by atoms with Crippen LogP contribution in [0.4, 0.5) is 10.1 Å². The number of amides is 1. The topological polar surface area (TPSA) is 85.8 Å². The largest absolute Gasteiger partial charge is 0.335 e. The molecule has 6 nitrogen and oxygen atoms in total. The van der Waals surface area contributed by atoms with Crippen molar-refractivity contribution < 1.29 is 9.18 Å². The summed E-state index contributed by atoms with van der Waals surface area (Å²) in [7, 11) is 0. The number of nitrogen functional groups attached to an aromatic ring is 1. The number of aromatic nitrogens is 3. The first-order valence-electron chi connectivity index (χ1n) is 7.17. The molecule has 3 aromatic rings. The van der Waals surface area contributed by atoms with Gasteiger partial charge in [0.1, 0.15) is 5.82 Å². The van der Waals surface area contributed by atoms with Crippen LogP contribution < -0.4 is 11.2 Å². The van der Waals surface area contributed by atoms with Crippen molar-refractivity contribution in [2.24, 2.45) is 0 Å². The number of benzene rings is 2. The molecule has 0 saturated heterocycles. The van der Waals surface area contributed by atoms with Gasteiger partial charge in [0, 0.05) is 16.3 Å². The van der Waals surface area contributed by atoms with Gasteiger partial charge in [-0.2, -0.15) is 0 Å². The highest BCUT2D eigenvalue weighted by Crippen LogP contribution is 2.23. The van der Waals surface area contributed by atoms with Gasteiger partial charge in [-0.25, -0.2) is 9.07 Å². The van der Waals surface area contributed by atoms with E-state index in [9.17, 15) is 9.18 Å². The number of nitrogens with zero attached hydrogens (tertiary/aromatic N) is 3. The summed E-state index contributed by atoms with van der Waals surface area (Å²) in [4.78, 5) is 12.0. The van der Waals surface area contributed by atoms with Crippen LogP contribution in [0.2, 0.25) is 5.02 Å². The van der Waals surface area contributed by atoms with Crippen molar-refractivity contribution >= 4 is 35.0 Å². The summed E-state index contributed by atoms with van der Waals surface area (Å²) in [6.07, 6.45) is 0. The molecule has 1 amide bonds. The third-order valence-corrected chi connectivity index (χ3v) is 4.37. The summed E-state index contributed by atoms with van der Waals surface area (Å²) in [6, 6.07) is 12.7. The van der Waals surface area contributed by atoms with E-state index >= 15 is 0 Å². The molecule has 25 heavy (non-hydrogen) atoms. The lowest BCUT2D eigenvalue weighted by atomic mass is 10.2. The van der Waals surface area contributed by atoms with Gasteiger partial charge in [-0.05, 0) is 30.3 Å². The van der Waals surface area contributed by atoms with Crippen molar-refractivity contribution in [3.8, 4) is 11.4 Å². The highest BCUT2D eigenvalue weighted by molar-refractivity contribution is 7.99. The van der Waals surface area contributed by atoms with Gasteiger partial charge in [0.2, 0.25) is 11.1 Å². The van der Waals surface area contributed by atoms with Gasteiger partial charge >= 0.3 is 0 Å². The summed E-state index contributed by atoms with van der Waals surface area (Å²) >= 11 is 7.09. The molecule has 0 radical (unpaired) electrons. The Labute approximate surface area is 152 Å². The molecule has 1 aromatic heterocycles. The fraction of sp³-hybridized carbons (Fsp3) is 0.0625. The fourth-order valence-electron chi connectivity index (χ4n) is 2.09. The number of anilines is 1. The highest BCUT2D eigenvalue weighted by Gasteiger charge is 2.14. The lowest BCUT2D eigenvalue weighted by Crippen LogP contribution is -2.16. The number of nitrogens with two attached hydrogens (primary N) is 1. The van der Waals surface area contributed by atoms with Crippen LogP contribution in [-0.4, -0.2) is 26.5 Å². The van der Waals surface area contributed by atoms with Crippen LogP contribution in [0.1, 0.15) is 0 Å². The van der Waals surface area contributed by atoms with E-state index in [1.54, 1.807) is 24.3 Å². The SMILES string of the molecule is Nn1c(SCC(=O)Nc2cccc(F)c2)nnc1-c1cccc(Cl)c1. The molecular formula is C16H13ClFN5OS. The number of halogens is 2. The zero-order chi connectivity index (χ0) is 17.8. The van der Waals surface area contributed by atoms with Crippen molar-refractivity contribution in [2.45, 2.75) is 5.16 Å². The standard InChI is InChI=1S/C16H13ClFN5OS/c17-11-4-1-3-10(7-11)15-21-22-16(23(15)19)25-9-14(24)20-13-6-2-5-12(18)8-13/h1-8H,9,19H2,(H,20,24). The number of carbonyl (C=O) groups is 1. The average Bonchev–Trinajstić information content (AvgIpc) is 2.94. The van der Waals surface area contributed by atoms with E-state index < -0.39 is 5.82 Å². The van der Waals surface area contributed by atoms with Crippen molar-refractivity contribution in [3.63, 3.8) is 0 Å². The third-order valence-electron chi connectivity index (χ3n) is 3.19. The normalized spacial score (nSPS) is 10.6. The summed E-state index contributed by atoms with van der Waals surface area (Å²) in [5.41, 5.74) is 1.11. The van der Waals surface area contributed by atoms with Gasteiger partial charge in [-0.3, -0.25) is 4.79 Å². The lowest BCUT2D eigenvalue weighted by Gasteiger charge is -2.06. The van der Waals surface area contributed by atoms with Crippen LogP contribution in [-0.2, 0) is 4.79 Å². The minimum Gasteiger partial charge on any atom is -0.335 e. The van der Waals surface area contributed by atoms with Gasteiger partial charge in [0.05, 0.1) is 5.75 Å². The quantitative estimate of drug-likeness (QED) is 0.527. The molecule has 128 valence electrons. The molecule has 3 N–H and O–H groups in total. The Balaban J connectivity index is 1.65. The molecule has 3 rings (SSSR count). The van der Waals surface area contributed by atoms with Gasteiger partial charge in [-0.15, -0.1) is 10.2 Å².